The summed E-state index contributed by atoms with van der Waals surface area (Å²) in [5, 5.41) is 0. The molecule has 0 saturated carbocycles. The molecular weight excluding hydrogens is 470 g/mol. The maximum absolute atomic E-state index is 13.5. The van der Waals surface area contributed by atoms with Crippen LogP contribution in [0.15, 0.2) is 65.6 Å². The summed E-state index contributed by atoms with van der Waals surface area (Å²) in [7, 11) is 0. The predicted molar refractivity (Wildman–Crippen MR) is 132 cm³/mol. The van der Waals surface area contributed by atoms with Gasteiger partial charge in [0.25, 0.3) is 0 Å². The molecule has 0 fully saturated rings. The minimum Gasteiger partial charge on any atom is -0.462 e. The van der Waals surface area contributed by atoms with E-state index >= 15 is 0 Å². The largest absolute Gasteiger partial charge is 0.462 e. The van der Waals surface area contributed by atoms with Crippen LogP contribution in [0.2, 0.25) is 0 Å². The van der Waals surface area contributed by atoms with E-state index in [-0.39, 0.29) is 32.6 Å². The Kier molecular flexibility index (Phi) is 11.8. The van der Waals surface area contributed by atoms with Crippen LogP contribution in [-0.4, -0.2) is 48.2 Å². The highest BCUT2D eigenvalue weighted by Crippen LogP contribution is 2.39. The maximum atomic E-state index is 13.5. The summed E-state index contributed by atoms with van der Waals surface area (Å²) in [6.07, 6.45) is -0.918. The summed E-state index contributed by atoms with van der Waals surface area (Å²) in [4.78, 5) is 35.6. The molecule has 8 nitrogen and oxygen atoms in total. The first-order valence-electron chi connectivity index (χ1n) is 11.4. The zero-order valence-corrected chi connectivity index (χ0v) is 21.1. The maximum Gasteiger partial charge on any atom is 0.349 e. The fourth-order valence-corrected chi connectivity index (χ4v) is 4.61. The molecule has 0 amide bonds. The van der Waals surface area contributed by atoms with Crippen LogP contribution < -0.4 is 5.73 Å². The van der Waals surface area contributed by atoms with Crippen molar-refractivity contribution in [3.05, 3.63) is 66.2 Å². The van der Waals surface area contributed by atoms with E-state index in [1.54, 1.807) is 6.92 Å². The molecule has 2 rings (SSSR count). The average Bonchev–Trinajstić information content (AvgIpc) is 2.82. The zero-order valence-electron chi connectivity index (χ0n) is 20.3. The minimum absolute atomic E-state index is 0.0849. The molecule has 0 saturated heterocycles. The number of carbonyl (C=O) groups is 3. The Bertz CT molecular complexity index is 941. The highest BCUT2D eigenvalue weighted by atomic mass is 32.2. The third kappa shape index (κ3) is 10.1. The number of hydrogen-bond donors (Lipinski definition) is 1. The van der Waals surface area contributed by atoms with Crippen LogP contribution in [0.5, 0.6) is 0 Å². The smallest absolute Gasteiger partial charge is 0.349 e. The highest BCUT2D eigenvalue weighted by Gasteiger charge is 2.44. The fraction of sp³-hybridized carbons (Fsp3) is 0.423. The first kappa shape index (κ1) is 28.4. The molecule has 0 aliphatic heterocycles. The lowest BCUT2D eigenvalue weighted by molar-refractivity contribution is -0.171. The fourth-order valence-electron chi connectivity index (χ4n) is 3.37. The monoisotopic (exact) mass is 503 g/mol. The molecule has 2 aromatic carbocycles. The van der Waals surface area contributed by atoms with Gasteiger partial charge in [-0.2, -0.15) is 0 Å². The summed E-state index contributed by atoms with van der Waals surface area (Å²) in [5.74, 6) is -1.56. The average molecular weight is 504 g/mol. The van der Waals surface area contributed by atoms with Crippen LogP contribution in [0.3, 0.4) is 0 Å². The molecule has 0 bridgehead atoms. The Morgan fingerprint density at radius 3 is 2.14 bits per heavy atom. The Hall–Kier alpha value is -2.88. The molecule has 0 aliphatic rings. The van der Waals surface area contributed by atoms with E-state index in [0.29, 0.717) is 0 Å². The van der Waals surface area contributed by atoms with Gasteiger partial charge in [-0.05, 0) is 31.2 Å². The van der Waals surface area contributed by atoms with Crippen molar-refractivity contribution in [2.75, 3.05) is 13.2 Å². The van der Waals surface area contributed by atoms with E-state index in [1.807, 2.05) is 60.7 Å². The SMILES string of the molecule is CC(=O)OCC(CC(C)OC(CCN)(Sc1ccccc1)C(=O)OCc1ccccc1)OC(C)=O. The van der Waals surface area contributed by atoms with Crippen molar-refractivity contribution < 1.29 is 33.3 Å². The van der Waals surface area contributed by atoms with Crippen LogP contribution >= 0.6 is 11.8 Å². The van der Waals surface area contributed by atoms with Crippen molar-refractivity contribution in [3.63, 3.8) is 0 Å². The van der Waals surface area contributed by atoms with Crippen molar-refractivity contribution in [1.29, 1.82) is 0 Å². The van der Waals surface area contributed by atoms with Gasteiger partial charge < -0.3 is 24.7 Å². The van der Waals surface area contributed by atoms with Crippen LogP contribution in [0, 0.1) is 0 Å². The van der Waals surface area contributed by atoms with Crippen LogP contribution in [0.4, 0.5) is 0 Å². The van der Waals surface area contributed by atoms with Gasteiger partial charge in [0.2, 0.25) is 4.93 Å². The summed E-state index contributed by atoms with van der Waals surface area (Å²) in [5.41, 5.74) is 6.75. The summed E-state index contributed by atoms with van der Waals surface area (Å²) in [6, 6.07) is 18.7. The van der Waals surface area contributed by atoms with Crippen molar-refractivity contribution in [3.8, 4) is 0 Å². The Labute approximate surface area is 210 Å². The van der Waals surface area contributed by atoms with Gasteiger partial charge in [-0.15, -0.1) is 0 Å². The molecule has 0 heterocycles. The summed E-state index contributed by atoms with van der Waals surface area (Å²) in [6.45, 7) is 4.45. The second-order valence-corrected chi connectivity index (χ2v) is 9.30. The van der Waals surface area contributed by atoms with Gasteiger partial charge in [-0.25, -0.2) is 4.79 Å². The molecule has 9 heteroatoms. The van der Waals surface area contributed by atoms with Gasteiger partial charge in [0.1, 0.15) is 19.3 Å². The normalized spacial score (nSPS) is 14.3. The number of hydrogen-bond acceptors (Lipinski definition) is 9. The molecule has 190 valence electrons. The quantitative estimate of drug-likeness (QED) is 0.178. The number of esters is 3. The Morgan fingerprint density at radius 1 is 0.943 bits per heavy atom. The van der Waals surface area contributed by atoms with Crippen LogP contribution in [-0.2, 0) is 39.9 Å². The van der Waals surface area contributed by atoms with Gasteiger partial charge in [0.05, 0.1) is 6.10 Å². The molecule has 35 heavy (non-hydrogen) atoms. The van der Waals surface area contributed by atoms with Gasteiger partial charge in [-0.3, -0.25) is 9.59 Å². The third-order valence-electron chi connectivity index (χ3n) is 4.81. The molecule has 0 aromatic heterocycles. The number of thioether (sulfide) groups is 1. The van der Waals surface area contributed by atoms with E-state index < -0.39 is 35.0 Å². The minimum atomic E-state index is -1.44. The first-order valence-corrected chi connectivity index (χ1v) is 12.2. The lowest BCUT2D eigenvalue weighted by Gasteiger charge is -2.34. The molecule has 0 radical (unpaired) electrons. The number of benzene rings is 2. The van der Waals surface area contributed by atoms with Crippen molar-refractivity contribution >= 4 is 29.7 Å². The van der Waals surface area contributed by atoms with Crippen molar-refractivity contribution in [2.24, 2.45) is 5.73 Å². The van der Waals surface area contributed by atoms with E-state index in [2.05, 4.69) is 0 Å². The highest BCUT2D eigenvalue weighted by molar-refractivity contribution is 8.01. The molecule has 0 aliphatic carbocycles. The Morgan fingerprint density at radius 2 is 1.57 bits per heavy atom. The van der Waals surface area contributed by atoms with Crippen molar-refractivity contribution in [1.82, 2.24) is 0 Å². The zero-order chi connectivity index (χ0) is 25.7. The van der Waals surface area contributed by atoms with Crippen LogP contribution in [0.1, 0.15) is 39.2 Å². The van der Waals surface area contributed by atoms with Gasteiger partial charge >= 0.3 is 17.9 Å². The molecular formula is C26H33NO7S. The van der Waals surface area contributed by atoms with Crippen molar-refractivity contribution in [2.45, 2.75) is 62.3 Å². The Balaban J connectivity index is 2.24. The van der Waals surface area contributed by atoms with E-state index in [0.717, 1.165) is 10.5 Å². The lowest BCUT2D eigenvalue weighted by Crippen LogP contribution is -2.45. The lowest BCUT2D eigenvalue weighted by atomic mass is 10.1. The first-order chi connectivity index (χ1) is 16.7. The summed E-state index contributed by atoms with van der Waals surface area (Å²) < 4.78 is 22.3. The van der Waals surface area contributed by atoms with Crippen LogP contribution in [0.25, 0.3) is 0 Å². The molecule has 0 spiro atoms. The number of rotatable bonds is 14. The third-order valence-corrected chi connectivity index (χ3v) is 6.12. The molecule has 3 atom stereocenters. The second kappa shape index (κ2) is 14.5. The van der Waals surface area contributed by atoms with Gasteiger partial charge in [0.15, 0.2) is 0 Å². The predicted octanol–water partition coefficient (Wildman–Crippen LogP) is 3.86. The topological polar surface area (TPSA) is 114 Å². The number of carbonyl (C=O) groups excluding carboxylic acids is 3. The number of nitrogens with two attached hydrogens (primary N) is 1. The standard InChI is InChI=1S/C26H33NO7S/c1-19(16-23(33-21(3)29)18-31-20(2)28)34-26(14-15-27,35-24-12-8-5-9-13-24)25(30)32-17-22-10-6-4-7-11-22/h4-13,19,23H,14-18,27H2,1-3H3. The van der Waals surface area contributed by atoms with E-state index in [1.165, 1.54) is 25.6 Å². The van der Waals surface area contributed by atoms with Gasteiger partial charge in [-0.1, -0.05) is 60.3 Å². The molecule has 2 N–H and O–H groups in total. The molecule has 3 unspecified atom stereocenters. The second-order valence-electron chi connectivity index (χ2n) is 7.97. The van der Waals surface area contributed by atoms with E-state index in [9.17, 15) is 14.4 Å². The summed E-state index contributed by atoms with van der Waals surface area (Å²) >= 11 is 1.22. The molecule has 2 aromatic rings. The van der Waals surface area contributed by atoms with Gasteiger partial charge in [0, 0.05) is 31.6 Å². The van der Waals surface area contributed by atoms with E-state index in [4.69, 9.17) is 24.7 Å². The number of ether oxygens (including phenoxy) is 4.